The number of H-pyrrole nitrogens is 2. The lowest BCUT2D eigenvalue weighted by molar-refractivity contribution is -0.136. The molecule has 14 nitrogen and oxygen atoms in total. The summed E-state index contributed by atoms with van der Waals surface area (Å²) in [6.07, 6.45) is 4.22. The number of amides is 4. The summed E-state index contributed by atoms with van der Waals surface area (Å²) in [5.41, 5.74) is 7.64. The zero-order chi connectivity index (χ0) is 41.3. The molecule has 1 aliphatic carbocycles. The van der Waals surface area contributed by atoms with Gasteiger partial charge in [0.25, 0.3) is 5.92 Å². The predicted molar refractivity (Wildman–Crippen MR) is 211 cm³/mol. The number of carbonyl (C=O) groups is 4. The molecule has 7 rings (SSSR count). The standard InChI is InChI=1S/C42H50F2N8O6/c1-6-29(48-40(55)57-4)38(53)51-18-8-11-32(51)37-46-30-10-7-9-27-19-26(16-17-28(27)35(30)49-37)24-12-14-25(15-13-24)31-21-45-36(47-31)33-20-42(43,44)22-52(33)39(54)34(23(2)3)50-41(56)58-5/h12-17,19,21,23,29,32-34H,6-11,18,20,22H2,1-5H3,(H,45,47)(H,46,49)(H,48,55)(H,50,56)/t29-,32-,33-,34-/m0/s1. The van der Waals surface area contributed by atoms with Crippen LogP contribution >= 0.6 is 0 Å². The van der Waals surface area contributed by atoms with Crippen molar-refractivity contribution in [2.75, 3.05) is 27.3 Å². The lowest BCUT2D eigenvalue weighted by atomic mass is 9.95. The fraction of sp³-hybridized carbons (Fsp3) is 0.476. The molecule has 0 saturated carbocycles. The summed E-state index contributed by atoms with van der Waals surface area (Å²) in [7, 11) is 2.46. The second-order valence-corrected chi connectivity index (χ2v) is 15.6. The molecule has 0 unspecified atom stereocenters. The van der Waals surface area contributed by atoms with E-state index >= 15 is 0 Å². The summed E-state index contributed by atoms with van der Waals surface area (Å²) in [6.45, 7) is 5.11. The van der Waals surface area contributed by atoms with Crippen LogP contribution in [0.3, 0.4) is 0 Å². The number of benzene rings is 2. The van der Waals surface area contributed by atoms with E-state index in [2.05, 4.69) is 48.5 Å². The number of fused-ring (bicyclic) bond motifs is 3. The van der Waals surface area contributed by atoms with E-state index in [-0.39, 0.29) is 23.7 Å². The number of methoxy groups -OCH3 is 2. The zero-order valence-electron chi connectivity index (χ0n) is 33.4. The van der Waals surface area contributed by atoms with Crippen LogP contribution in [0.1, 0.15) is 87.9 Å². The number of carbonyl (C=O) groups excluding carboxylic acids is 4. The third-order valence-electron chi connectivity index (χ3n) is 11.5. The number of hydrogen-bond acceptors (Lipinski definition) is 8. The van der Waals surface area contributed by atoms with Gasteiger partial charge >= 0.3 is 12.2 Å². The van der Waals surface area contributed by atoms with Crippen molar-refractivity contribution in [1.82, 2.24) is 40.4 Å². The monoisotopic (exact) mass is 800 g/mol. The number of ether oxygens (including phenoxy) is 2. The van der Waals surface area contributed by atoms with Gasteiger partial charge in [-0.25, -0.2) is 28.3 Å². The highest BCUT2D eigenvalue weighted by Crippen LogP contribution is 2.42. The van der Waals surface area contributed by atoms with Crippen LogP contribution < -0.4 is 10.6 Å². The molecule has 0 spiro atoms. The number of halogens is 2. The molecular weight excluding hydrogens is 751 g/mol. The normalized spacial score (nSPS) is 19.5. The molecule has 0 radical (unpaired) electrons. The van der Waals surface area contributed by atoms with E-state index in [1.165, 1.54) is 19.8 Å². The fourth-order valence-corrected chi connectivity index (χ4v) is 8.38. The highest BCUT2D eigenvalue weighted by atomic mass is 19.3. The molecule has 16 heteroatoms. The lowest BCUT2D eigenvalue weighted by Crippen LogP contribution is -2.51. The molecule has 2 fully saturated rings. The molecule has 3 aliphatic rings. The Labute approximate surface area is 335 Å². The molecule has 2 aliphatic heterocycles. The molecule has 4 aromatic rings. The van der Waals surface area contributed by atoms with E-state index in [1.807, 2.05) is 36.1 Å². The number of aromatic nitrogens is 4. The SMILES string of the molecule is CC[C@H](NC(=O)OC)C(=O)N1CCC[C@H]1c1nc2c([nH]1)CCCc1cc(-c3ccc(-c4cnc([C@@H]5CC(F)(F)CN5C(=O)[C@@H](NC(=O)OC)C(C)C)[nH]4)cc3)ccc1-2. The van der Waals surface area contributed by atoms with Gasteiger partial charge in [0.2, 0.25) is 11.8 Å². The van der Waals surface area contributed by atoms with Gasteiger partial charge < -0.3 is 39.9 Å². The van der Waals surface area contributed by atoms with Crippen LogP contribution in [0.5, 0.6) is 0 Å². The van der Waals surface area contributed by atoms with Crippen molar-refractivity contribution in [2.45, 2.75) is 95.8 Å². The highest BCUT2D eigenvalue weighted by Gasteiger charge is 2.50. The summed E-state index contributed by atoms with van der Waals surface area (Å²) < 4.78 is 39.0. The lowest BCUT2D eigenvalue weighted by Gasteiger charge is -2.29. The fourth-order valence-electron chi connectivity index (χ4n) is 8.38. The molecule has 4 amide bonds. The van der Waals surface area contributed by atoms with E-state index in [4.69, 9.17) is 9.72 Å². The van der Waals surface area contributed by atoms with E-state index < -0.39 is 55.1 Å². The largest absolute Gasteiger partial charge is 0.453 e. The molecule has 58 heavy (non-hydrogen) atoms. The van der Waals surface area contributed by atoms with E-state index in [1.54, 1.807) is 20.0 Å². The third kappa shape index (κ3) is 8.14. The number of aryl methyl sites for hydroxylation is 2. The maximum absolute atomic E-state index is 14.8. The Hall–Kier alpha value is -5.80. The second kappa shape index (κ2) is 16.6. The highest BCUT2D eigenvalue weighted by molar-refractivity contribution is 5.87. The summed E-state index contributed by atoms with van der Waals surface area (Å²) in [5.74, 6) is -3.27. The van der Waals surface area contributed by atoms with Gasteiger partial charge in [0.15, 0.2) is 0 Å². The Bertz CT molecular complexity index is 2170. The first-order valence-corrected chi connectivity index (χ1v) is 19.9. The van der Waals surface area contributed by atoms with Crippen LogP contribution in [0.25, 0.3) is 33.6 Å². The summed E-state index contributed by atoms with van der Waals surface area (Å²) in [4.78, 5) is 70.1. The number of hydrogen-bond donors (Lipinski definition) is 4. The van der Waals surface area contributed by atoms with Crippen LogP contribution in [-0.4, -0.2) is 99.1 Å². The number of nitrogens with zero attached hydrogens (tertiary/aromatic N) is 4. The minimum Gasteiger partial charge on any atom is -0.453 e. The van der Waals surface area contributed by atoms with Gasteiger partial charge in [0.05, 0.1) is 50.4 Å². The van der Waals surface area contributed by atoms with E-state index in [0.717, 1.165) is 76.5 Å². The second-order valence-electron chi connectivity index (χ2n) is 15.6. The molecule has 2 aromatic heterocycles. The van der Waals surface area contributed by atoms with Crippen molar-refractivity contribution < 1.29 is 37.4 Å². The summed E-state index contributed by atoms with van der Waals surface area (Å²) in [5, 5.41) is 5.15. The molecule has 0 bridgehead atoms. The van der Waals surface area contributed by atoms with Crippen LogP contribution in [0.2, 0.25) is 0 Å². The summed E-state index contributed by atoms with van der Waals surface area (Å²) in [6, 6.07) is 11.3. The quantitative estimate of drug-likeness (QED) is 0.137. The number of alkyl carbamates (subject to hydrolysis) is 2. The number of nitrogens with one attached hydrogen (secondary N) is 4. The minimum absolute atomic E-state index is 0.144. The molecule has 308 valence electrons. The van der Waals surface area contributed by atoms with Crippen molar-refractivity contribution in [3.05, 3.63) is 71.6 Å². The molecule has 2 aromatic carbocycles. The number of likely N-dealkylation sites (tertiary alicyclic amines) is 2. The first-order chi connectivity index (χ1) is 27.8. The van der Waals surface area contributed by atoms with Crippen molar-refractivity contribution in [3.63, 3.8) is 0 Å². The van der Waals surface area contributed by atoms with Crippen molar-refractivity contribution in [1.29, 1.82) is 0 Å². The van der Waals surface area contributed by atoms with Crippen LogP contribution in [0.4, 0.5) is 18.4 Å². The van der Waals surface area contributed by atoms with Gasteiger partial charge in [0, 0.05) is 24.2 Å². The van der Waals surface area contributed by atoms with Crippen LogP contribution in [-0.2, 0) is 31.9 Å². The average molecular weight is 801 g/mol. The number of imidazole rings is 2. The van der Waals surface area contributed by atoms with Gasteiger partial charge in [-0.3, -0.25) is 9.59 Å². The topological polar surface area (TPSA) is 175 Å². The first-order valence-electron chi connectivity index (χ1n) is 19.9. The van der Waals surface area contributed by atoms with E-state index in [9.17, 15) is 28.0 Å². The number of rotatable bonds is 10. The Kier molecular flexibility index (Phi) is 11.6. The van der Waals surface area contributed by atoms with Crippen molar-refractivity contribution in [2.24, 2.45) is 5.92 Å². The Morgan fingerprint density at radius 2 is 1.59 bits per heavy atom. The molecule has 2 saturated heterocycles. The molecule has 4 atom stereocenters. The smallest absolute Gasteiger partial charge is 0.407 e. The Morgan fingerprint density at radius 1 is 0.879 bits per heavy atom. The van der Waals surface area contributed by atoms with E-state index in [0.29, 0.717) is 18.7 Å². The molecule has 4 N–H and O–H groups in total. The van der Waals surface area contributed by atoms with Crippen molar-refractivity contribution in [3.8, 4) is 33.6 Å². The number of aromatic amines is 2. The maximum Gasteiger partial charge on any atom is 0.407 e. The Morgan fingerprint density at radius 3 is 2.29 bits per heavy atom. The van der Waals surface area contributed by atoms with Gasteiger partial charge in [0.1, 0.15) is 23.7 Å². The average Bonchev–Trinajstić information content (AvgIpc) is 4.03. The van der Waals surface area contributed by atoms with Crippen molar-refractivity contribution >= 4 is 24.0 Å². The molecular formula is C42H50F2N8O6. The first kappa shape index (κ1) is 40.4. The van der Waals surface area contributed by atoms with Crippen LogP contribution in [0, 0.1) is 5.92 Å². The van der Waals surface area contributed by atoms with Gasteiger partial charge in [-0.2, -0.15) is 0 Å². The van der Waals surface area contributed by atoms with Gasteiger partial charge in [-0.05, 0) is 66.7 Å². The van der Waals surface area contributed by atoms with Gasteiger partial charge in [-0.1, -0.05) is 63.2 Å². The predicted octanol–water partition coefficient (Wildman–Crippen LogP) is 6.71. The number of alkyl halides is 2. The summed E-state index contributed by atoms with van der Waals surface area (Å²) >= 11 is 0. The molecule has 4 heterocycles. The van der Waals surface area contributed by atoms with Crippen LogP contribution in [0.15, 0.2) is 48.7 Å². The van der Waals surface area contributed by atoms with Gasteiger partial charge in [-0.15, -0.1) is 0 Å². The minimum atomic E-state index is -3.13. The zero-order valence-corrected chi connectivity index (χ0v) is 33.4. The third-order valence-corrected chi connectivity index (χ3v) is 11.5. The maximum atomic E-state index is 14.8. The Balaban J connectivity index is 1.08.